The number of fused-ring (bicyclic) bond motifs is 1. The number of methoxy groups -OCH3 is 1. The van der Waals surface area contributed by atoms with Crippen molar-refractivity contribution in [2.24, 2.45) is 0 Å². The Kier molecular flexibility index (Phi) is 7.16. The number of aromatic amines is 1. The molecule has 1 heterocycles. The van der Waals surface area contributed by atoms with Gasteiger partial charge in [-0.1, -0.05) is 24.3 Å². The van der Waals surface area contributed by atoms with Gasteiger partial charge in [-0.05, 0) is 49.2 Å². The van der Waals surface area contributed by atoms with Gasteiger partial charge >= 0.3 is 0 Å². The molecule has 0 atom stereocenters. The number of rotatable bonds is 8. The van der Waals surface area contributed by atoms with E-state index in [0.717, 1.165) is 31.0 Å². The molecule has 0 bridgehead atoms. The van der Waals surface area contributed by atoms with Crippen LogP contribution in [0.15, 0.2) is 48.7 Å². The van der Waals surface area contributed by atoms with Crippen LogP contribution in [0.3, 0.4) is 0 Å². The molecule has 2 aromatic carbocycles. The smallest absolute Gasteiger partial charge is 0.161 e. The van der Waals surface area contributed by atoms with E-state index >= 15 is 0 Å². The molecule has 4 nitrogen and oxygen atoms in total. The molecule has 3 rings (SSSR count). The molecule has 5 heteroatoms. The van der Waals surface area contributed by atoms with E-state index in [1.54, 1.807) is 7.11 Å². The highest BCUT2D eigenvalue weighted by atomic mass is 35.5. The van der Waals surface area contributed by atoms with Gasteiger partial charge in [0.15, 0.2) is 11.5 Å². The van der Waals surface area contributed by atoms with Gasteiger partial charge in [0.2, 0.25) is 0 Å². The molecule has 0 spiro atoms. The molecule has 0 saturated carbocycles. The molecule has 2 N–H and O–H groups in total. The highest BCUT2D eigenvalue weighted by Gasteiger charge is 2.06. The number of hydrogen-bond donors (Lipinski definition) is 2. The summed E-state index contributed by atoms with van der Waals surface area (Å²) in [4.78, 5) is 3.32. The van der Waals surface area contributed by atoms with Crippen LogP contribution >= 0.6 is 0 Å². The summed E-state index contributed by atoms with van der Waals surface area (Å²) < 4.78 is 10.9. The molecule has 0 unspecified atom stereocenters. The highest BCUT2D eigenvalue weighted by Crippen LogP contribution is 2.28. The van der Waals surface area contributed by atoms with Crippen molar-refractivity contribution in [1.29, 1.82) is 0 Å². The average Bonchev–Trinajstić information content (AvgIpc) is 3.03. The predicted molar refractivity (Wildman–Crippen MR) is 97.9 cm³/mol. The summed E-state index contributed by atoms with van der Waals surface area (Å²) in [6, 6.07) is 14.5. The quantitative estimate of drug-likeness (QED) is 0.588. The van der Waals surface area contributed by atoms with Crippen molar-refractivity contribution in [1.82, 2.24) is 10.3 Å². The second kappa shape index (κ2) is 9.35. The number of nitrogens with one attached hydrogen (secondary N) is 2. The summed E-state index contributed by atoms with van der Waals surface area (Å²) in [5.41, 5.74) is 3.74. The zero-order valence-electron chi connectivity index (χ0n) is 14.6. The number of benzene rings is 2. The van der Waals surface area contributed by atoms with Crippen molar-refractivity contribution < 1.29 is 21.9 Å². The van der Waals surface area contributed by atoms with E-state index in [-0.39, 0.29) is 12.4 Å². The fourth-order valence-electron chi connectivity index (χ4n) is 2.89. The summed E-state index contributed by atoms with van der Waals surface area (Å²) >= 11 is 0. The number of para-hydroxylation sites is 1. The summed E-state index contributed by atoms with van der Waals surface area (Å²) in [6.45, 7) is 4.35. The first kappa shape index (κ1) is 19.2. The molecule has 0 aliphatic carbocycles. The topological polar surface area (TPSA) is 46.3 Å². The van der Waals surface area contributed by atoms with Crippen LogP contribution in [-0.4, -0.2) is 25.2 Å². The van der Waals surface area contributed by atoms with Gasteiger partial charge in [0.05, 0.1) is 13.7 Å². The van der Waals surface area contributed by atoms with Gasteiger partial charge in [0.1, 0.15) is 0 Å². The van der Waals surface area contributed by atoms with Crippen LogP contribution in [0.4, 0.5) is 0 Å². The molecule has 25 heavy (non-hydrogen) atoms. The first-order valence-corrected chi connectivity index (χ1v) is 8.37. The number of H-pyrrole nitrogens is 1. The zero-order chi connectivity index (χ0) is 16.8. The Morgan fingerprint density at radius 3 is 2.72 bits per heavy atom. The minimum absolute atomic E-state index is 0. The fraction of sp³-hybridized carbons (Fsp3) is 0.300. The summed E-state index contributed by atoms with van der Waals surface area (Å²) in [7, 11) is 1.67. The van der Waals surface area contributed by atoms with Crippen molar-refractivity contribution >= 4 is 10.9 Å². The number of aromatic nitrogens is 1. The molecule has 0 radical (unpaired) electrons. The van der Waals surface area contributed by atoms with Crippen LogP contribution in [0.1, 0.15) is 18.1 Å². The number of ether oxygens (including phenoxy) is 2. The lowest BCUT2D eigenvalue weighted by Gasteiger charge is -2.11. The normalized spacial score (nSPS) is 10.5. The van der Waals surface area contributed by atoms with Crippen LogP contribution in [-0.2, 0) is 13.0 Å². The van der Waals surface area contributed by atoms with Crippen LogP contribution < -0.4 is 27.2 Å². The van der Waals surface area contributed by atoms with Gasteiger partial charge in [0.25, 0.3) is 0 Å². The van der Waals surface area contributed by atoms with Gasteiger partial charge in [-0.15, -0.1) is 0 Å². The Morgan fingerprint density at radius 1 is 1.08 bits per heavy atom. The second-order valence-corrected chi connectivity index (χ2v) is 5.70. The van der Waals surface area contributed by atoms with Crippen molar-refractivity contribution in [3.05, 3.63) is 59.8 Å². The Bertz CT molecular complexity index is 801. The maximum absolute atomic E-state index is 5.55. The monoisotopic (exact) mass is 359 g/mol. The zero-order valence-corrected chi connectivity index (χ0v) is 15.4. The van der Waals surface area contributed by atoms with Crippen LogP contribution in [0.25, 0.3) is 10.9 Å². The van der Waals surface area contributed by atoms with E-state index in [1.165, 1.54) is 22.0 Å². The van der Waals surface area contributed by atoms with Gasteiger partial charge in [-0.2, -0.15) is 0 Å². The van der Waals surface area contributed by atoms with Crippen molar-refractivity contribution in [2.45, 2.75) is 19.9 Å². The molecule has 0 fully saturated rings. The fourth-order valence-corrected chi connectivity index (χ4v) is 2.89. The van der Waals surface area contributed by atoms with Crippen molar-refractivity contribution in [3.8, 4) is 11.5 Å². The van der Waals surface area contributed by atoms with Gasteiger partial charge in [-0.25, -0.2) is 0 Å². The van der Waals surface area contributed by atoms with Gasteiger partial charge in [-0.3, -0.25) is 0 Å². The summed E-state index contributed by atoms with van der Waals surface area (Å²) in [6.07, 6.45) is 3.10. The van der Waals surface area contributed by atoms with Crippen LogP contribution in [0.2, 0.25) is 0 Å². The Morgan fingerprint density at radius 2 is 1.92 bits per heavy atom. The Balaban J connectivity index is 0.00000225. The molecular formula is C20H24ClN2O2-. The van der Waals surface area contributed by atoms with Crippen LogP contribution in [0.5, 0.6) is 11.5 Å². The second-order valence-electron chi connectivity index (χ2n) is 5.70. The van der Waals surface area contributed by atoms with Crippen LogP contribution in [0, 0.1) is 0 Å². The van der Waals surface area contributed by atoms with E-state index in [4.69, 9.17) is 9.47 Å². The molecule has 0 aliphatic rings. The standard InChI is InChI=1S/C20H24N2O2.ClH/c1-3-24-19-9-8-15(12-20(19)23-2)13-21-11-10-16-14-22-18-7-5-4-6-17(16)18;/h4-9,12,14,21-22H,3,10-11,13H2,1-2H3;1H/p-1. The molecular weight excluding hydrogens is 336 g/mol. The van der Waals surface area contributed by atoms with Gasteiger partial charge in [0, 0.05) is 23.6 Å². The van der Waals surface area contributed by atoms with E-state index in [9.17, 15) is 0 Å². The maximum atomic E-state index is 5.55. The maximum Gasteiger partial charge on any atom is 0.161 e. The van der Waals surface area contributed by atoms with E-state index in [2.05, 4.69) is 46.8 Å². The lowest BCUT2D eigenvalue weighted by molar-refractivity contribution is -0.00000567. The molecule has 0 amide bonds. The molecule has 3 aromatic rings. The Hall–Kier alpha value is -2.17. The van der Waals surface area contributed by atoms with Crippen molar-refractivity contribution in [2.75, 3.05) is 20.3 Å². The third-order valence-corrected chi connectivity index (χ3v) is 4.10. The SMILES string of the molecule is CCOc1ccc(CNCCc2c[nH]c3ccccc23)cc1OC.[Cl-]. The molecule has 1 aromatic heterocycles. The Labute approximate surface area is 154 Å². The van der Waals surface area contributed by atoms with E-state index in [0.29, 0.717) is 6.61 Å². The van der Waals surface area contributed by atoms with E-state index < -0.39 is 0 Å². The molecule has 0 saturated heterocycles. The molecule has 134 valence electrons. The lowest BCUT2D eigenvalue weighted by Crippen LogP contribution is -3.00. The first-order chi connectivity index (χ1) is 11.8. The van der Waals surface area contributed by atoms with E-state index in [1.807, 2.05) is 19.1 Å². The van der Waals surface area contributed by atoms with Crippen molar-refractivity contribution in [3.63, 3.8) is 0 Å². The summed E-state index contributed by atoms with van der Waals surface area (Å²) in [5.74, 6) is 1.58. The number of hydrogen-bond acceptors (Lipinski definition) is 3. The third kappa shape index (κ3) is 4.68. The largest absolute Gasteiger partial charge is 1.00 e. The minimum atomic E-state index is 0. The number of halogens is 1. The minimum Gasteiger partial charge on any atom is -1.00 e. The summed E-state index contributed by atoms with van der Waals surface area (Å²) in [5, 5.41) is 4.80. The molecule has 0 aliphatic heterocycles. The lowest BCUT2D eigenvalue weighted by atomic mass is 10.1. The third-order valence-electron chi connectivity index (χ3n) is 4.10. The first-order valence-electron chi connectivity index (χ1n) is 8.37. The average molecular weight is 360 g/mol. The highest BCUT2D eigenvalue weighted by molar-refractivity contribution is 5.83. The van der Waals surface area contributed by atoms with Gasteiger partial charge < -0.3 is 32.2 Å². The predicted octanol–water partition coefficient (Wildman–Crippen LogP) is 0.911.